The van der Waals surface area contributed by atoms with E-state index in [1.807, 2.05) is 0 Å². The monoisotopic (exact) mass is 472 g/mol. The van der Waals surface area contributed by atoms with Gasteiger partial charge in [-0.15, -0.1) is 0 Å². The molecule has 0 bridgehead atoms. The Hall–Kier alpha value is -0.890. The van der Waals surface area contributed by atoms with Crippen LogP contribution in [0.1, 0.15) is 116 Å². The van der Waals surface area contributed by atoms with Crippen molar-refractivity contribution in [2.45, 2.75) is 116 Å². The molecule has 0 saturated carbocycles. The first kappa shape index (κ1) is 30.1. The fourth-order valence-corrected chi connectivity index (χ4v) is 4.12. The first-order valence-corrected chi connectivity index (χ1v) is 13.3. The van der Waals surface area contributed by atoms with Crippen LogP contribution in [0.3, 0.4) is 0 Å². The molecule has 1 rings (SSSR count). The highest BCUT2D eigenvalue weighted by atomic mass is 16.1. The molecule has 1 amide bonds. The summed E-state index contributed by atoms with van der Waals surface area (Å²) in [6, 6.07) is 0. The van der Waals surface area contributed by atoms with Gasteiger partial charge in [0.2, 0.25) is 5.91 Å². The number of hydrogen-bond acceptors (Lipinski definition) is 10. The van der Waals surface area contributed by atoms with Crippen molar-refractivity contribution in [3.8, 4) is 0 Å². The molecule has 0 aliphatic carbocycles. The van der Waals surface area contributed by atoms with E-state index in [9.17, 15) is 4.79 Å². The Morgan fingerprint density at radius 2 is 0.818 bits per heavy atom. The second kappa shape index (κ2) is 24.2. The van der Waals surface area contributed by atoms with Crippen LogP contribution in [0, 0.1) is 5.92 Å². The van der Waals surface area contributed by atoms with Gasteiger partial charge < -0.3 is 5.73 Å². The van der Waals surface area contributed by atoms with E-state index in [4.69, 9.17) is 5.73 Å². The number of nitrogens with one attached hydrogen (secondary N) is 9. The van der Waals surface area contributed by atoms with Crippen molar-refractivity contribution in [1.82, 2.24) is 49.6 Å². The highest BCUT2D eigenvalue weighted by Gasteiger charge is 2.14. The van der Waals surface area contributed by atoms with Crippen LogP contribution in [0.15, 0.2) is 0 Å². The summed E-state index contributed by atoms with van der Waals surface area (Å²) in [5, 5.41) is 0. The van der Waals surface area contributed by atoms with Crippen molar-refractivity contribution in [1.29, 1.82) is 0 Å². The molecule has 33 heavy (non-hydrogen) atoms. The van der Waals surface area contributed by atoms with Gasteiger partial charge in [0.15, 0.2) is 0 Å². The number of nitrogens with two attached hydrogens (primary N) is 1. The number of hydrazine groups is 8. The second-order valence-corrected chi connectivity index (χ2v) is 9.06. The third-order valence-electron chi connectivity index (χ3n) is 6.18. The Morgan fingerprint density at radius 1 is 0.455 bits per heavy atom. The Morgan fingerprint density at radius 3 is 1.27 bits per heavy atom. The molecule has 0 spiro atoms. The highest BCUT2D eigenvalue weighted by Crippen LogP contribution is 2.16. The van der Waals surface area contributed by atoms with E-state index in [-0.39, 0.29) is 11.8 Å². The predicted molar refractivity (Wildman–Crippen MR) is 134 cm³/mol. The fourth-order valence-electron chi connectivity index (χ4n) is 4.12. The molecular formula is C22H52N10O. The van der Waals surface area contributed by atoms with E-state index < -0.39 is 0 Å². The molecule has 11 heteroatoms. The molecular weight excluding hydrogens is 420 g/mol. The summed E-state index contributed by atoms with van der Waals surface area (Å²) < 4.78 is 0. The average Bonchev–Trinajstić information content (AvgIpc) is 2.80. The molecule has 0 radical (unpaired) electrons. The van der Waals surface area contributed by atoms with E-state index in [1.54, 1.807) is 0 Å². The van der Waals surface area contributed by atoms with E-state index >= 15 is 0 Å². The lowest BCUT2D eigenvalue weighted by atomic mass is 9.96. The molecule has 1 fully saturated rings. The van der Waals surface area contributed by atoms with E-state index in [1.165, 1.54) is 89.9 Å². The van der Waals surface area contributed by atoms with Crippen LogP contribution in [0.4, 0.5) is 0 Å². The molecule has 11 N–H and O–H groups in total. The lowest BCUT2D eigenvalue weighted by Gasteiger charge is -2.15. The maximum absolute atomic E-state index is 11.7. The molecule has 196 valence electrons. The zero-order valence-corrected chi connectivity index (χ0v) is 20.7. The molecule has 1 atom stereocenters. The largest absolute Gasteiger partial charge is 0.369 e. The highest BCUT2D eigenvalue weighted by molar-refractivity contribution is 5.76. The van der Waals surface area contributed by atoms with Gasteiger partial charge in [0.25, 0.3) is 0 Å². The normalized spacial score (nSPS) is 25.0. The van der Waals surface area contributed by atoms with Crippen LogP contribution >= 0.6 is 0 Å². The molecule has 0 aromatic rings. The number of rotatable bonds is 1. The summed E-state index contributed by atoms with van der Waals surface area (Å²) in [4.78, 5) is 11.7. The minimum Gasteiger partial charge on any atom is -0.369 e. The number of carbonyl (C=O) groups excluding carboxylic acids is 1. The quantitative estimate of drug-likeness (QED) is 0.273. The van der Waals surface area contributed by atoms with Gasteiger partial charge >= 0.3 is 0 Å². The van der Waals surface area contributed by atoms with Gasteiger partial charge in [-0.3, -0.25) is 4.79 Å². The van der Waals surface area contributed by atoms with Crippen molar-refractivity contribution in [2.75, 3.05) is 13.1 Å². The molecule has 0 aromatic carbocycles. The third kappa shape index (κ3) is 21.4. The molecule has 11 nitrogen and oxygen atoms in total. The summed E-state index contributed by atoms with van der Waals surface area (Å²) in [7, 11) is 0. The lowest BCUT2D eigenvalue weighted by Crippen LogP contribution is -2.64. The van der Waals surface area contributed by atoms with Crippen LogP contribution < -0.4 is 55.3 Å². The fraction of sp³-hybridized carbons (Fsp3) is 0.955. The van der Waals surface area contributed by atoms with E-state index in [0.717, 1.165) is 25.8 Å². The van der Waals surface area contributed by atoms with E-state index in [0.29, 0.717) is 13.0 Å². The number of hydrogen-bond donors (Lipinski definition) is 10. The van der Waals surface area contributed by atoms with Gasteiger partial charge in [0.05, 0.1) is 0 Å². The van der Waals surface area contributed by atoms with Gasteiger partial charge in [-0.05, 0) is 19.3 Å². The SMILES string of the molecule is NC(=O)C1CCCCCCCCCCCCCCCCCCNNNNNNNNNCC1. The zero-order chi connectivity index (χ0) is 23.7. The Bertz CT molecular complexity index is 400. The number of carbonyl (C=O) groups is 1. The van der Waals surface area contributed by atoms with Gasteiger partial charge in [0, 0.05) is 19.0 Å². The maximum Gasteiger partial charge on any atom is 0.220 e. The van der Waals surface area contributed by atoms with E-state index in [2.05, 4.69) is 49.6 Å². The van der Waals surface area contributed by atoms with Gasteiger partial charge in [-0.2, -0.15) is 38.7 Å². The van der Waals surface area contributed by atoms with Crippen LogP contribution in [-0.4, -0.2) is 19.0 Å². The molecule has 1 aliphatic rings. The lowest BCUT2D eigenvalue weighted by molar-refractivity contribution is -0.122. The summed E-state index contributed by atoms with van der Waals surface area (Å²) in [6.45, 7) is 1.55. The van der Waals surface area contributed by atoms with Gasteiger partial charge in [-0.1, -0.05) is 96.3 Å². The molecule has 1 aliphatic heterocycles. The minimum absolute atomic E-state index is 0.0739. The molecule has 0 aromatic heterocycles. The second-order valence-electron chi connectivity index (χ2n) is 9.06. The summed E-state index contributed by atoms with van der Waals surface area (Å²) in [5.74, 6) is -0.276. The maximum atomic E-state index is 11.7. The zero-order valence-electron chi connectivity index (χ0n) is 20.7. The first-order chi connectivity index (χ1) is 16.3. The average molecular weight is 473 g/mol. The predicted octanol–water partition coefficient (Wildman–Crippen LogP) is 1.75. The van der Waals surface area contributed by atoms with Crippen molar-refractivity contribution >= 4 is 5.91 Å². The molecule has 1 unspecified atom stereocenters. The molecule has 1 saturated heterocycles. The van der Waals surface area contributed by atoms with Crippen LogP contribution in [0.25, 0.3) is 0 Å². The smallest absolute Gasteiger partial charge is 0.220 e. The van der Waals surface area contributed by atoms with Crippen LogP contribution in [0.2, 0.25) is 0 Å². The van der Waals surface area contributed by atoms with Crippen molar-refractivity contribution in [3.05, 3.63) is 0 Å². The Balaban J connectivity index is 2.16. The van der Waals surface area contributed by atoms with Crippen molar-refractivity contribution in [2.24, 2.45) is 11.7 Å². The van der Waals surface area contributed by atoms with Crippen molar-refractivity contribution < 1.29 is 4.79 Å². The standard InChI is InChI=1S/C22H52N10O/c23-22(33)21-17-15-13-11-9-7-5-3-1-2-4-6-8-10-12-14-16-19-24-26-28-30-32-31-29-27-25-20-18-21/h21,24-32H,1-20H2,(H2,23,33). The number of primary amides is 1. The van der Waals surface area contributed by atoms with Gasteiger partial charge in [0.1, 0.15) is 0 Å². The van der Waals surface area contributed by atoms with Crippen molar-refractivity contribution in [3.63, 3.8) is 0 Å². The minimum atomic E-state index is -0.202. The van der Waals surface area contributed by atoms with Gasteiger partial charge in [-0.25, -0.2) is 10.9 Å². The Labute approximate surface area is 201 Å². The third-order valence-corrected chi connectivity index (χ3v) is 6.18. The summed E-state index contributed by atoms with van der Waals surface area (Å²) >= 11 is 0. The summed E-state index contributed by atoms with van der Waals surface area (Å²) in [6.07, 6.45) is 22.6. The number of amides is 1. The topological polar surface area (TPSA) is 151 Å². The van der Waals surface area contributed by atoms with Crippen LogP contribution in [-0.2, 0) is 4.79 Å². The molecule has 1 heterocycles. The Kier molecular flexibility index (Phi) is 22.1. The summed E-state index contributed by atoms with van der Waals surface area (Å²) in [5.41, 5.74) is 30.9. The van der Waals surface area contributed by atoms with Crippen LogP contribution in [0.5, 0.6) is 0 Å². The first-order valence-electron chi connectivity index (χ1n) is 13.3.